The molecular weight excluding hydrogens is 278 g/mol. The normalized spacial score (nSPS) is 17.4. The zero-order chi connectivity index (χ0) is 12.4. The van der Waals surface area contributed by atoms with Gasteiger partial charge >= 0.3 is 0 Å². The number of hydrogen-bond donors (Lipinski definition) is 1. The minimum absolute atomic E-state index is 0.682. The summed E-state index contributed by atoms with van der Waals surface area (Å²) < 4.78 is 3.25. The van der Waals surface area contributed by atoms with Gasteiger partial charge in [-0.25, -0.2) is 0 Å². The van der Waals surface area contributed by atoms with E-state index in [1.807, 2.05) is 11.7 Å². The van der Waals surface area contributed by atoms with Crippen LogP contribution >= 0.6 is 15.9 Å². The van der Waals surface area contributed by atoms with Crippen molar-refractivity contribution >= 4 is 15.9 Å². The number of aryl methyl sites for hydroxylation is 2. The maximum Gasteiger partial charge on any atom is 0.0766 e. The summed E-state index contributed by atoms with van der Waals surface area (Å²) in [6.07, 6.45) is 6.11. The lowest BCUT2D eigenvalue weighted by Crippen LogP contribution is -2.28. The lowest BCUT2D eigenvalue weighted by atomic mass is 10.1. The zero-order valence-electron chi connectivity index (χ0n) is 11.0. The van der Waals surface area contributed by atoms with E-state index >= 15 is 0 Å². The number of halogens is 1. The molecule has 3 nitrogen and oxygen atoms in total. The van der Waals surface area contributed by atoms with Crippen LogP contribution in [0.1, 0.15) is 37.6 Å². The van der Waals surface area contributed by atoms with E-state index in [-0.39, 0.29) is 0 Å². The first-order valence-electron chi connectivity index (χ1n) is 6.54. The molecule has 1 aliphatic rings. The molecule has 0 spiro atoms. The molecule has 2 rings (SSSR count). The summed E-state index contributed by atoms with van der Waals surface area (Å²) in [4.78, 5) is 0. The van der Waals surface area contributed by atoms with E-state index in [4.69, 9.17) is 0 Å². The van der Waals surface area contributed by atoms with E-state index in [2.05, 4.69) is 40.3 Å². The van der Waals surface area contributed by atoms with Crippen molar-refractivity contribution in [3.8, 4) is 0 Å². The fraction of sp³-hybridized carbons (Fsp3) is 0.769. The van der Waals surface area contributed by atoms with Gasteiger partial charge in [-0.2, -0.15) is 5.10 Å². The third-order valence-electron chi connectivity index (χ3n) is 3.76. The van der Waals surface area contributed by atoms with Crippen LogP contribution in [-0.4, -0.2) is 22.9 Å². The van der Waals surface area contributed by atoms with Gasteiger partial charge in [0.05, 0.1) is 15.9 Å². The van der Waals surface area contributed by atoms with Gasteiger partial charge in [0.15, 0.2) is 0 Å². The molecule has 1 aromatic heterocycles. The summed E-state index contributed by atoms with van der Waals surface area (Å²) in [5.74, 6) is 0.914. The van der Waals surface area contributed by atoms with Crippen molar-refractivity contribution in [2.24, 2.45) is 13.0 Å². The Labute approximate surface area is 112 Å². The Kier molecular flexibility index (Phi) is 4.26. The monoisotopic (exact) mass is 299 g/mol. The van der Waals surface area contributed by atoms with E-state index < -0.39 is 0 Å². The minimum Gasteiger partial charge on any atom is -0.317 e. The maximum atomic E-state index is 4.54. The van der Waals surface area contributed by atoms with E-state index in [0.717, 1.165) is 18.8 Å². The van der Waals surface area contributed by atoms with Crippen LogP contribution in [0.4, 0.5) is 0 Å². The molecule has 0 radical (unpaired) electrons. The molecule has 0 amide bonds. The van der Waals surface area contributed by atoms with Crippen LogP contribution in [0, 0.1) is 5.92 Å². The first kappa shape index (κ1) is 13.1. The molecule has 0 bridgehead atoms. The van der Waals surface area contributed by atoms with Gasteiger partial charge in [0.25, 0.3) is 0 Å². The Bertz CT molecular complexity index is 382. The van der Waals surface area contributed by atoms with Crippen molar-refractivity contribution in [1.29, 1.82) is 0 Å². The standard InChI is InChI=1S/C13H22BrN3/c1-4-10-13(14)12(17(3)16-10)8-7-11(15-2)9-5-6-9/h9,11,15H,4-8H2,1-3H3. The van der Waals surface area contributed by atoms with Gasteiger partial charge in [0.2, 0.25) is 0 Å². The number of aromatic nitrogens is 2. The molecule has 1 aliphatic carbocycles. The van der Waals surface area contributed by atoms with Gasteiger partial charge in [-0.3, -0.25) is 4.68 Å². The molecular formula is C13H22BrN3. The average Bonchev–Trinajstić information content (AvgIpc) is 3.11. The molecule has 0 saturated heterocycles. The fourth-order valence-electron chi connectivity index (χ4n) is 2.50. The van der Waals surface area contributed by atoms with E-state index in [0.29, 0.717) is 6.04 Å². The lowest BCUT2D eigenvalue weighted by molar-refractivity contribution is 0.463. The van der Waals surface area contributed by atoms with E-state index in [1.54, 1.807) is 0 Å². The molecule has 1 aromatic rings. The molecule has 1 N–H and O–H groups in total. The average molecular weight is 300 g/mol. The molecule has 1 unspecified atom stereocenters. The summed E-state index contributed by atoms with van der Waals surface area (Å²) in [5, 5.41) is 7.99. The van der Waals surface area contributed by atoms with Gasteiger partial charge in [0.1, 0.15) is 0 Å². The van der Waals surface area contributed by atoms with Crippen molar-refractivity contribution in [2.75, 3.05) is 7.05 Å². The third-order valence-corrected chi connectivity index (χ3v) is 4.67. The zero-order valence-corrected chi connectivity index (χ0v) is 12.5. The molecule has 96 valence electrons. The third kappa shape index (κ3) is 2.91. The molecule has 1 atom stereocenters. The molecule has 0 aromatic carbocycles. The Morgan fingerprint density at radius 2 is 2.24 bits per heavy atom. The Balaban J connectivity index is 2.00. The number of hydrogen-bond acceptors (Lipinski definition) is 2. The lowest BCUT2D eigenvalue weighted by Gasteiger charge is -2.15. The highest BCUT2D eigenvalue weighted by Crippen LogP contribution is 2.34. The molecule has 1 heterocycles. The smallest absolute Gasteiger partial charge is 0.0766 e. The van der Waals surface area contributed by atoms with Crippen LogP contribution in [0.15, 0.2) is 4.47 Å². The SMILES string of the molecule is CCc1nn(C)c(CCC(NC)C2CC2)c1Br. The largest absolute Gasteiger partial charge is 0.317 e. The highest BCUT2D eigenvalue weighted by Gasteiger charge is 2.30. The van der Waals surface area contributed by atoms with Gasteiger partial charge in [-0.1, -0.05) is 6.92 Å². The quantitative estimate of drug-likeness (QED) is 0.875. The van der Waals surface area contributed by atoms with Crippen LogP contribution in [-0.2, 0) is 19.9 Å². The van der Waals surface area contributed by atoms with Crippen LogP contribution in [0.5, 0.6) is 0 Å². The van der Waals surface area contributed by atoms with Gasteiger partial charge in [0, 0.05) is 13.1 Å². The Morgan fingerprint density at radius 3 is 2.71 bits per heavy atom. The summed E-state index contributed by atoms with van der Waals surface area (Å²) in [6, 6.07) is 0.682. The highest BCUT2D eigenvalue weighted by molar-refractivity contribution is 9.10. The van der Waals surface area contributed by atoms with Crippen molar-refractivity contribution in [3.05, 3.63) is 15.9 Å². The number of nitrogens with one attached hydrogen (secondary N) is 1. The van der Waals surface area contributed by atoms with E-state index in [9.17, 15) is 0 Å². The first-order valence-corrected chi connectivity index (χ1v) is 7.34. The second-order valence-electron chi connectivity index (χ2n) is 4.96. The molecule has 0 aliphatic heterocycles. The highest BCUT2D eigenvalue weighted by atomic mass is 79.9. The van der Waals surface area contributed by atoms with Crippen molar-refractivity contribution < 1.29 is 0 Å². The molecule has 4 heteroatoms. The maximum absolute atomic E-state index is 4.54. The molecule has 1 fully saturated rings. The predicted octanol–water partition coefficient (Wildman–Crippen LogP) is 2.68. The van der Waals surface area contributed by atoms with Crippen LogP contribution in [0.2, 0.25) is 0 Å². The second kappa shape index (κ2) is 5.53. The first-order chi connectivity index (χ1) is 8.17. The van der Waals surface area contributed by atoms with Gasteiger partial charge in [-0.05, 0) is 61.0 Å². The summed E-state index contributed by atoms with van der Waals surface area (Å²) in [5.41, 5.74) is 2.51. The summed E-state index contributed by atoms with van der Waals surface area (Å²) in [7, 11) is 4.13. The minimum atomic E-state index is 0.682. The van der Waals surface area contributed by atoms with Crippen LogP contribution in [0.3, 0.4) is 0 Å². The fourth-order valence-corrected chi connectivity index (χ4v) is 3.31. The second-order valence-corrected chi connectivity index (χ2v) is 5.75. The van der Waals surface area contributed by atoms with Crippen molar-refractivity contribution in [2.45, 2.75) is 45.1 Å². The van der Waals surface area contributed by atoms with Crippen molar-refractivity contribution in [3.63, 3.8) is 0 Å². The molecule has 1 saturated carbocycles. The van der Waals surface area contributed by atoms with Crippen molar-refractivity contribution in [1.82, 2.24) is 15.1 Å². The predicted molar refractivity (Wildman–Crippen MR) is 74.2 cm³/mol. The van der Waals surface area contributed by atoms with Crippen LogP contribution in [0.25, 0.3) is 0 Å². The summed E-state index contributed by atoms with van der Waals surface area (Å²) >= 11 is 3.68. The number of rotatable bonds is 6. The Hall–Kier alpha value is -0.350. The topological polar surface area (TPSA) is 29.9 Å². The Morgan fingerprint density at radius 1 is 1.53 bits per heavy atom. The van der Waals surface area contributed by atoms with E-state index in [1.165, 1.54) is 35.1 Å². The molecule has 17 heavy (non-hydrogen) atoms. The van der Waals surface area contributed by atoms with Gasteiger partial charge in [-0.15, -0.1) is 0 Å². The summed E-state index contributed by atoms with van der Waals surface area (Å²) in [6.45, 7) is 2.15. The van der Waals surface area contributed by atoms with Crippen LogP contribution < -0.4 is 5.32 Å². The number of nitrogens with zero attached hydrogens (tertiary/aromatic N) is 2. The van der Waals surface area contributed by atoms with Gasteiger partial charge < -0.3 is 5.32 Å².